The average Bonchev–Trinajstić information content (AvgIpc) is 2.70. The van der Waals surface area contributed by atoms with E-state index in [1.807, 2.05) is 44.2 Å². The Morgan fingerprint density at radius 3 is 2.24 bits per heavy atom. The predicted molar refractivity (Wildman–Crippen MR) is 115 cm³/mol. The van der Waals surface area contributed by atoms with E-state index in [0.29, 0.717) is 30.4 Å². The molecule has 29 heavy (non-hydrogen) atoms. The number of ether oxygens (including phenoxy) is 2. The van der Waals surface area contributed by atoms with Crippen molar-refractivity contribution in [1.29, 1.82) is 0 Å². The maximum atomic E-state index is 12.4. The van der Waals surface area contributed by atoms with Crippen LogP contribution in [0.25, 0.3) is 0 Å². The molecule has 2 rings (SSSR count). The van der Waals surface area contributed by atoms with Crippen LogP contribution in [0.5, 0.6) is 11.5 Å². The highest BCUT2D eigenvalue weighted by atomic mass is 16.5. The number of carbonyl (C=O) groups is 2. The van der Waals surface area contributed by atoms with Crippen LogP contribution < -0.4 is 20.1 Å². The summed E-state index contributed by atoms with van der Waals surface area (Å²) in [7, 11) is 1.73. The van der Waals surface area contributed by atoms with Crippen LogP contribution in [-0.4, -0.2) is 49.6 Å². The maximum Gasteiger partial charge on any atom is 0.241 e. The quantitative estimate of drug-likeness (QED) is 0.640. The fraction of sp³-hybridized carbons (Fsp3) is 0.364. The molecule has 0 spiro atoms. The summed E-state index contributed by atoms with van der Waals surface area (Å²) in [5.74, 6) is 0.816. The molecule has 2 aromatic rings. The molecule has 0 aliphatic rings. The number of para-hydroxylation sites is 1. The van der Waals surface area contributed by atoms with Gasteiger partial charge < -0.3 is 20.1 Å². The van der Waals surface area contributed by atoms with Crippen LogP contribution in [0.1, 0.15) is 20.8 Å². The second-order valence-electron chi connectivity index (χ2n) is 6.52. The molecule has 0 bridgehead atoms. The topological polar surface area (TPSA) is 79.9 Å². The number of rotatable bonds is 10. The van der Waals surface area contributed by atoms with Gasteiger partial charge in [-0.05, 0) is 52.1 Å². The second-order valence-corrected chi connectivity index (χ2v) is 6.52. The van der Waals surface area contributed by atoms with Gasteiger partial charge in [-0.1, -0.05) is 18.2 Å². The van der Waals surface area contributed by atoms with Crippen LogP contribution >= 0.6 is 0 Å². The molecule has 0 saturated heterocycles. The number of anilines is 2. The molecule has 0 heterocycles. The van der Waals surface area contributed by atoms with Gasteiger partial charge in [0.25, 0.3) is 0 Å². The lowest BCUT2D eigenvalue weighted by atomic mass is 10.2. The van der Waals surface area contributed by atoms with Gasteiger partial charge >= 0.3 is 0 Å². The van der Waals surface area contributed by atoms with Gasteiger partial charge in [0.1, 0.15) is 0 Å². The van der Waals surface area contributed by atoms with E-state index in [9.17, 15) is 9.59 Å². The van der Waals surface area contributed by atoms with Crippen molar-refractivity contribution in [2.45, 2.75) is 26.8 Å². The molecule has 2 N–H and O–H groups in total. The monoisotopic (exact) mass is 399 g/mol. The molecule has 0 aliphatic carbocycles. The van der Waals surface area contributed by atoms with Gasteiger partial charge in [-0.25, -0.2) is 0 Å². The van der Waals surface area contributed by atoms with Crippen molar-refractivity contribution in [2.24, 2.45) is 0 Å². The molecular weight excluding hydrogens is 370 g/mol. The Bertz CT molecular complexity index is 811. The van der Waals surface area contributed by atoms with E-state index in [1.165, 1.54) is 0 Å². The lowest BCUT2D eigenvalue weighted by Gasteiger charge is -2.23. The van der Waals surface area contributed by atoms with Crippen LogP contribution in [0.15, 0.2) is 48.5 Å². The molecule has 1 atom stereocenters. The van der Waals surface area contributed by atoms with E-state index >= 15 is 0 Å². The molecule has 0 radical (unpaired) electrons. The number of hydrogen-bond donors (Lipinski definition) is 2. The fourth-order valence-corrected chi connectivity index (χ4v) is 2.66. The molecular formula is C22H29N3O4. The molecule has 7 heteroatoms. The van der Waals surface area contributed by atoms with Crippen LogP contribution in [0.3, 0.4) is 0 Å². The summed E-state index contributed by atoms with van der Waals surface area (Å²) in [6.45, 7) is 6.64. The van der Waals surface area contributed by atoms with Crippen molar-refractivity contribution in [3.63, 3.8) is 0 Å². The predicted octanol–water partition coefficient (Wildman–Crippen LogP) is 3.38. The molecule has 7 nitrogen and oxygen atoms in total. The largest absolute Gasteiger partial charge is 0.490 e. The molecule has 0 aromatic heterocycles. The van der Waals surface area contributed by atoms with Gasteiger partial charge in [-0.2, -0.15) is 0 Å². The van der Waals surface area contributed by atoms with Gasteiger partial charge in [-0.3, -0.25) is 14.5 Å². The zero-order valence-corrected chi connectivity index (χ0v) is 17.4. The van der Waals surface area contributed by atoms with E-state index in [0.717, 1.165) is 5.69 Å². The Balaban J connectivity index is 1.93. The van der Waals surface area contributed by atoms with Gasteiger partial charge in [0.15, 0.2) is 11.5 Å². The van der Waals surface area contributed by atoms with E-state index in [1.54, 1.807) is 37.1 Å². The third kappa shape index (κ3) is 6.80. The van der Waals surface area contributed by atoms with Crippen molar-refractivity contribution < 1.29 is 19.1 Å². The number of nitrogens with one attached hydrogen (secondary N) is 2. The van der Waals surface area contributed by atoms with Crippen LogP contribution in [0.4, 0.5) is 11.4 Å². The summed E-state index contributed by atoms with van der Waals surface area (Å²) >= 11 is 0. The Hall–Kier alpha value is -3.06. The standard InChI is InChI=1S/C22H29N3O4/c1-5-28-19-13-12-18(14-20(19)29-6-2)23-21(26)15-25(4)16(3)22(27)24-17-10-8-7-9-11-17/h7-14,16H,5-6,15H2,1-4H3,(H,23,26)(H,24,27)/t16-/m0/s1. The Morgan fingerprint density at radius 1 is 0.931 bits per heavy atom. The summed E-state index contributed by atoms with van der Waals surface area (Å²) < 4.78 is 11.1. The van der Waals surface area contributed by atoms with Gasteiger partial charge in [0.2, 0.25) is 11.8 Å². The summed E-state index contributed by atoms with van der Waals surface area (Å²) in [6, 6.07) is 14.0. The Morgan fingerprint density at radius 2 is 1.59 bits per heavy atom. The van der Waals surface area contributed by atoms with Crippen LogP contribution in [-0.2, 0) is 9.59 Å². The van der Waals surface area contributed by atoms with Crippen LogP contribution in [0.2, 0.25) is 0 Å². The van der Waals surface area contributed by atoms with Crippen LogP contribution in [0, 0.1) is 0 Å². The first kappa shape index (κ1) is 22.2. The Labute approximate surface area is 172 Å². The Kier molecular flexibility index (Phi) is 8.48. The van der Waals surface area contributed by atoms with Crippen molar-refractivity contribution in [1.82, 2.24) is 4.90 Å². The fourth-order valence-electron chi connectivity index (χ4n) is 2.66. The van der Waals surface area contributed by atoms with E-state index in [-0.39, 0.29) is 18.4 Å². The summed E-state index contributed by atoms with van der Waals surface area (Å²) in [4.78, 5) is 26.5. The van der Waals surface area contributed by atoms with Crippen molar-refractivity contribution in [3.8, 4) is 11.5 Å². The number of benzene rings is 2. The molecule has 2 aromatic carbocycles. The van der Waals surface area contributed by atoms with Crippen molar-refractivity contribution in [3.05, 3.63) is 48.5 Å². The number of nitrogens with zero attached hydrogens (tertiary/aromatic N) is 1. The minimum atomic E-state index is -0.472. The number of likely N-dealkylation sites (N-methyl/N-ethyl adjacent to an activating group) is 1. The normalized spacial score (nSPS) is 11.6. The zero-order valence-electron chi connectivity index (χ0n) is 17.4. The third-order valence-electron chi connectivity index (χ3n) is 4.30. The highest BCUT2D eigenvalue weighted by Crippen LogP contribution is 2.30. The first-order chi connectivity index (χ1) is 13.9. The van der Waals surface area contributed by atoms with Gasteiger partial charge in [0, 0.05) is 17.4 Å². The molecule has 156 valence electrons. The maximum absolute atomic E-state index is 12.4. The average molecular weight is 399 g/mol. The van der Waals surface area contributed by atoms with E-state index in [4.69, 9.17) is 9.47 Å². The minimum absolute atomic E-state index is 0.0700. The smallest absolute Gasteiger partial charge is 0.241 e. The highest BCUT2D eigenvalue weighted by molar-refractivity contribution is 5.96. The molecule has 0 saturated carbocycles. The second kappa shape index (κ2) is 11.1. The molecule has 0 fully saturated rings. The molecule has 0 unspecified atom stereocenters. The number of hydrogen-bond acceptors (Lipinski definition) is 5. The van der Waals surface area contributed by atoms with Crippen molar-refractivity contribution >= 4 is 23.2 Å². The lowest BCUT2D eigenvalue weighted by Crippen LogP contribution is -2.43. The highest BCUT2D eigenvalue weighted by Gasteiger charge is 2.20. The van der Waals surface area contributed by atoms with Gasteiger partial charge in [0.05, 0.1) is 25.8 Å². The van der Waals surface area contributed by atoms with Crippen molar-refractivity contribution in [2.75, 3.05) is 37.4 Å². The first-order valence-corrected chi connectivity index (χ1v) is 9.70. The van der Waals surface area contributed by atoms with Gasteiger partial charge in [-0.15, -0.1) is 0 Å². The number of carbonyl (C=O) groups excluding carboxylic acids is 2. The summed E-state index contributed by atoms with van der Waals surface area (Å²) in [6.07, 6.45) is 0. The zero-order chi connectivity index (χ0) is 21.2. The summed E-state index contributed by atoms with van der Waals surface area (Å²) in [5, 5.41) is 5.68. The van der Waals surface area contributed by atoms with E-state index in [2.05, 4.69) is 10.6 Å². The van der Waals surface area contributed by atoms with E-state index < -0.39 is 6.04 Å². The molecule has 0 aliphatic heterocycles. The SMILES string of the molecule is CCOc1ccc(NC(=O)CN(C)[C@@H](C)C(=O)Nc2ccccc2)cc1OCC. The first-order valence-electron chi connectivity index (χ1n) is 9.70. The third-order valence-corrected chi connectivity index (χ3v) is 4.30. The summed E-state index contributed by atoms with van der Waals surface area (Å²) in [5.41, 5.74) is 1.33. The lowest BCUT2D eigenvalue weighted by molar-refractivity contribution is -0.122. The number of amides is 2. The molecule has 2 amide bonds. The minimum Gasteiger partial charge on any atom is -0.490 e.